The Kier molecular flexibility index (Phi) is 4.08. The van der Waals surface area contributed by atoms with E-state index in [0.717, 1.165) is 12.0 Å². The van der Waals surface area contributed by atoms with Crippen LogP contribution < -0.4 is 5.32 Å². The Morgan fingerprint density at radius 3 is 2.29 bits per heavy atom. The number of hydrogen-bond donors (Lipinski definition) is 1. The van der Waals surface area contributed by atoms with Crippen molar-refractivity contribution < 1.29 is 4.39 Å². The molecule has 0 aromatic heterocycles. The maximum Gasteiger partial charge on any atom is 0.123 e. The maximum absolute atomic E-state index is 12.7. The van der Waals surface area contributed by atoms with E-state index in [0.29, 0.717) is 6.04 Å². The summed E-state index contributed by atoms with van der Waals surface area (Å²) in [6, 6.07) is 7.44. The highest BCUT2D eigenvalue weighted by molar-refractivity contribution is 5.19. The van der Waals surface area contributed by atoms with Crippen LogP contribution in [0, 0.1) is 5.82 Å². The first-order valence-electron chi connectivity index (χ1n) is 5.15. The number of halogens is 1. The summed E-state index contributed by atoms with van der Waals surface area (Å²) in [6.07, 6.45) is 1.10. The first-order valence-corrected chi connectivity index (χ1v) is 5.15. The second-order valence-electron chi connectivity index (χ2n) is 3.75. The van der Waals surface area contributed by atoms with E-state index < -0.39 is 0 Å². The molecular weight excluding hydrogens is 177 g/mol. The predicted molar refractivity (Wildman–Crippen MR) is 57.7 cm³/mol. The Labute approximate surface area is 85.3 Å². The van der Waals surface area contributed by atoms with Crippen molar-refractivity contribution in [3.63, 3.8) is 0 Å². The lowest BCUT2D eigenvalue weighted by Gasteiger charge is -2.19. The van der Waals surface area contributed by atoms with Crippen LogP contribution in [0.5, 0.6) is 0 Å². The molecule has 1 aromatic carbocycles. The normalized spacial score (nSPS) is 15.1. The monoisotopic (exact) mass is 195 g/mol. The quantitative estimate of drug-likeness (QED) is 0.777. The maximum atomic E-state index is 12.7. The molecule has 0 amide bonds. The molecule has 0 saturated heterocycles. The molecule has 0 spiro atoms. The van der Waals surface area contributed by atoms with E-state index in [9.17, 15) is 4.39 Å². The number of benzene rings is 1. The summed E-state index contributed by atoms with van der Waals surface area (Å²) in [5.41, 5.74) is 1.13. The van der Waals surface area contributed by atoms with Crippen LogP contribution in [0.3, 0.4) is 0 Å². The van der Waals surface area contributed by atoms with E-state index in [1.54, 1.807) is 0 Å². The Bertz CT molecular complexity index is 268. The van der Waals surface area contributed by atoms with Gasteiger partial charge in [0.1, 0.15) is 5.82 Å². The van der Waals surface area contributed by atoms with Gasteiger partial charge < -0.3 is 5.32 Å². The third-order valence-corrected chi connectivity index (χ3v) is 2.52. The van der Waals surface area contributed by atoms with Crippen molar-refractivity contribution in [2.75, 3.05) is 0 Å². The van der Waals surface area contributed by atoms with Crippen molar-refractivity contribution in [1.29, 1.82) is 0 Å². The van der Waals surface area contributed by atoms with Gasteiger partial charge in [-0.3, -0.25) is 0 Å². The Morgan fingerprint density at radius 2 is 1.79 bits per heavy atom. The fourth-order valence-electron chi connectivity index (χ4n) is 1.39. The van der Waals surface area contributed by atoms with Crippen molar-refractivity contribution in [2.24, 2.45) is 0 Å². The van der Waals surface area contributed by atoms with Crippen LogP contribution in [0.25, 0.3) is 0 Å². The molecule has 1 unspecified atom stereocenters. The zero-order valence-electron chi connectivity index (χ0n) is 9.05. The van der Waals surface area contributed by atoms with Gasteiger partial charge >= 0.3 is 0 Å². The van der Waals surface area contributed by atoms with Gasteiger partial charge in [-0.25, -0.2) is 4.39 Å². The highest BCUT2D eigenvalue weighted by Gasteiger charge is 2.07. The van der Waals surface area contributed by atoms with Crippen molar-refractivity contribution in [3.8, 4) is 0 Å². The zero-order chi connectivity index (χ0) is 10.6. The highest BCUT2D eigenvalue weighted by atomic mass is 19.1. The van der Waals surface area contributed by atoms with Gasteiger partial charge in [-0.2, -0.15) is 0 Å². The summed E-state index contributed by atoms with van der Waals surface area (Å²) in [5.74, 6) is -0.176. The summed E-state index contributed by atoms with van der Waals surface area (Å²) in [7, 11) is 0. The minimum atomic E-state index is -0.176. The Morgan fingerprint density at radius 1 is 1.21 bits per heavy atom. The molecular formula is C12H18FN. The average Bonchev–Trinajstić information content (AvgIpc) is 2.18. The second kappa shape index (κ2) is 5.11. The van der Waals surface area contributed by atoms with Gasteiger partial charge in [-0.15, -0.1) is 0 Å². The SMILES string of the molecule is CCC(C)N[C@@H](C)c1ccc(F)cc1. The predicted octanol–water partition coefficient (Wildman–Crippen LogP) is 3.27. The van der Waals surface area contributed by atoms with Crippen molar-refractivity contribution in [3.05, 3.63) is 35.6 Å². The highest BCUT2D eigenvalue weighted by Crippen LogP contribution is 2.13. The van der Waals surface area contributed by atoms with E-state index >= 15 is 0 Å². The molecule has 2 atom stereocenters. The lowest BCUT2D eigenvalue weighted by molar-refractivity contribution is 0.469. The minimum Gasteiger partial charge on any atom is -0.308 e. The third kappa shape index (κ3) is 3.11. The lowest BCUT2D eigenvalue weighted by Crippen LogP contribution is -2.28. The molecule has 14 heavy (non-hydrogen) atoms. The average molecular weight is 195 g/mol. The van der Waals surface area contributed by atoms with Crippen LogP contribution >= 0.6 is 0 Å². The number of nitrogens with one attached hydrogen (secondary N) is 1. The van der Waals surface area contributed by atoms with E-state index in [2.05, 4.69) is 26.1 Å². The molecule has 0 saturated carbocycles. The van der Waals surface area contributed by atoms with E-state index in [-0.39, 0.29) is 11.9 Å². The van der Waals surface area contributed by atoms with Gasteiger partial charge in [-0.1, -0.05) is 19.1 Å². The van der Waals surface area contributed by atoms with Crippen LogP contribution in [0.4, 0.5) is 4.39 Å². The molecule has 0 aliphatic carbocycles. The molecule has 1 nitrogen and oxygen atoms in total. The molecule has 0 fully saturated rings. The van der Waals surface area contributed by atoms with Crippen LogP contribution in [0.15, 0.2) is 24.3 Å². The van der Waals surface area contributed by atoms with Gasteiger partial charge in [0, 0.05) is 12.1 Å². The van der Waals surface area contributed by atoms with Crippen LogP contribution in [-0.2, 0) is 0 Å². The molecule has 0 bridgehead atoms. The summed E-state index contributed by atoms with van der Waals surface area (Å²) in [5, 5.41) is 3.44. The lowest BCUT2D eigenvalue weighted by atomic mass is 10.1. The van der Waals surface area contributed by atoms with Gasteiger partial charge in [0.25, 0.3) is 0 Å². The molecule has 0 radical (unpaired) electrons. The summed E-state index contributed by atoms with van der Waals surface area (Å²) < 4.78 is 12.7. The molecule has 1 rings (SSSR count). The summed E-state index contributed by atoms with van der Waals surface area (Å²) in [6.45, 7) is 6.40. The number of rotatable bonds is 4. The fourth-order valence-corrected chi connectivity index (χ4v) is 1.39. The smallest absolute Gasteiger partial charge is 0.123 e. The largest absolute Gasteiger partial charge is 0.308 e. The van der Waals surface area contributed by atoms with Gasteiger partial charge in [0.2, 0.25) is 0 Å². The molecule has 0 aliphatic rings. The van der Waals surface area contributed by atoms with Crippen molar-refractivity contribution in [1.82, 2.24) is 5.32 Å². The molecule has 78 valence electrons. The van der Waals surface area contributed by atoms with E-state index in [1.807, 2.05) is 12.1 Å². The molecule has 2 heteroatoms. The van der Waals surface area contributed by atoms with Gasteiger partial charge in [0.15, 0.2) is 0 Å². The Balaban J connectivity index is 2.60. The van der Waals surface area contributed by atoms with Crippen LogP contribution in [0.1, 0.15) is 38.8 Å². The molecule has 0 aliphatic heterocycles. The first-order chi connectivity index (χ1) is 6.63. The topological polar surface area (TPSA) is 12.0 Å². The van der Waals surface area contributed by atoms with Crippen molar-refractivity contribution >= 4 is 0 Å². The van der Waals surface area contributed by atoms with E-state index in [1.165, 1.54) is 12.1 Å². The van der Waals surface area contributed by atoms with Crippen LogP contribution in [0.2, 0.25) is 0 Å². The minimum absolute atomic E-state index is 0.176. The summed E-state index contributed by atoms with van der Waals surface area (Å²) in [4.78, 5) is 0. The Hall–Kier alpha value is -0.890. The van der Waals surface area contributed by atoms with E-state index in [4.69, 9.17) is 0 Å². The standard InChI is InChI=1S/C12H18FN/c1-4-9(2)14-10(3)11-5-7-12(13)8-6-11/h5-10,14H,4H2,1-3H3/t9?,10-/m0/s1. The summed E-state index contributed by atoms with van der Waals surface area (Å²) >= 11 is 0. The third-order valence-electron chi connectivity index (χ3n) is 2.52. The van der Waals surface area contributed by atoms with Gasteiger partial charge in [0.05, 0.1) is 0 Å². The second-order valence-corrected chi connectivity index (χ2v) is 3.75. The molecule has 1 N–H and O–H groups in total. The first kappa shape index (κ1) is 11.2. The van der Waals surface area contributed by atoms with Crippen LogP contribution in [-0.4, -0.2) is 6.04 Å². The fraction of sp³-hybridized carbons (Fsp3) is 0.500. The van der Waals surface area contributed by atoms with Crippen molar-refractivity contribution in [2.45, 2.75) is 39.3 Å². The van der Waals surface area contributed by atoms with Gasteiger partial charge in [-0.05, 0) is 38.0 Å². The zero-order valence-corrected chi connectivity index (χ0v) is 9.05. The molecule has 1 aromatic rings. The molecule has 0 heterocycles. The number of hydrogen-bond acceptors (Lipinski definition) is 1.